The highest BCUT2D eigenvalue weighted by Gasteiger charge is 2.13. The predicted octanol–water partition coefficient (Wildman–Crippen LogP) is 5.37. The number of rotatable bonds is 3. The van der Waals surface area contributed by atoms with Crippen LogP contribution in [0.2, 0.25) is 0 Å². The van der Waals surface area contributed by atoms with Gasteiger partial charge in [0.25, 0.3) is 0 Å². The zero-order valence-electron chi connectivity index (χ0n) is 12.3. The Kier molecular flexibility index (Phi) is 3.94. The van der Waals surface area contributed by atoms with Crippen LogP contribution in [0.4, 0.5) is 0 Å². The Hall–Kier alpha value is -1.86. The van der Waals surface area contributed by atoms with Crippen molar-refractivity contribution in [2.75, 3.05) is 0 Å². The smallest absolute Gasteiger partial charge is 0.0705 e. The van der Waals surface area contributed by atoms with Crippen molar-refractivity contribution in [3.63, 3.8) is 0 Å². The van der Waals surface area contributed by atoms with Gasteiger partial charge in [0.2, 0.25) is 0 Å². The summed E-state index contributed by atoms with van der Waals surface area (Å²) < 4.78 is 0. The molecule has 0 fully saturated rings. The summed E-state index contributed by atoms with van der Waals surface area (Å²) in [4.78, 5) is 4.71. The molecule has 1 unspecified atom stereocenters. The van der Waals surface area contributed by atoms with Crippen molar-refractivity contribution in [2.45, 2.75) is 25.6 Å². The van der Waals surface area contributed by atoms with Crippen molar-refractivity contribution in [3.05, 3.63) is 77.0 Å². The van der Waals surface area contributed by atoms with E-state index in [2.05, 4.69) is 50.2 Å². The van der Waals surface area contributed by atoms with Gasteiger partial charge in [0.15, 0.2) is 0 Å². The molecule has 0 N–H and O–H groups in total. The summed E-state index contributed by atoms with van der Waals surface area (Å²) in [5.74, 6) is 0. The van der Waals surface area contributed by atoms with Gasteiger partial charge in [-0.1, -0.05) is 42.5 Å². The van der Waals surface area contributed by atoms with Crippen LogP contribution in [0.1, 0.15) is 27.8 Å². The summed E-state index contributed by atoms with van der Waals surface area (Å²) in [5, 5.41) is 1.12. The normalized spacial score (nSPS) is 12.5. The number of hydrogen-bond acceptors (Lipinski definition) is 1. The first-order valence-electron chi connectivity index (χ1n) is 7.20. The second kappa shape index (κ2) is 5.87. The topological polar surface area (TPSA) is 12.9 Å². The highest BCUT2D eigenvalue weighted by atomic mass is 35.5. The second-order valence-corrected chi connectivity index (χ2v) is 5.98. The predicted molar refractivity (Wildman–Crippen MR) is 90.0 cm³/mol. The zero-order valence-corrected chi connectivity index (χ0v) is 13.1. The van der Waals surface area contributed by atoms with E-state index >= 15 is 0 Å². The minimum Gasteiger partial charge on any atom is -0.253 e. The fourth-order valence-electron chi connectivity index (χ4n) is 2.63. The molecular formula is C19H18ClN. The lowest BCUT2D eigenvalue weighted by atomic mass is 9.98. The van der Waals surface area contributed by atoms with Crippen LogP contribution < -0.4 is 0 Å². The second-order valence-electron chi connectivity index (χ2n) is 5.46. The fourth-order valence-corrected chi connectivity index (χ4v) is 3.02. The van der Waals surface area contributed by atoms with Crippen LogP contribution in [-0.2, 0) is 6.42 Å². The van der Waals surface area contributed by atoms with Crippen molar-refractivity contribution in [3.8, 4) is 0 Å². The van der Waals surface area contributed by atoms with Crippen molar-refractivity contribution < 1.29 is 0 Å². The van der Waals surface area contributed by atoms with E-state index in [-0.39, 0.29) is 5.38 Å². The number of pyridine rings is 1. The number of aryl methyl sites for hydroxylation is 1. The number of benzene rings is 2. The van der Waals surface area contributed by atoms with E-state index in [4.69, 9.17) is 16.6 Å². The number of para-hydroxylation sites is 1. The Morgan fingerprint density at radius 1 is 0.952 bits per heavy atom. The molecule has 0 bridgehead atoms. The number of fused-ring (bicyclic) bond motifs is 1. The lowest BCUT2D eigenvalue weighted by Crippen LogP contribution is -2.01. The third-order valence-electron chi connectivity index (χ3n) is 4.03. The van der Waals surface area contributed by atoms with Gasteiger partial charge < -0.3 is 0 Å². The SMILES string of the molecule is Cc1cccc(C(Cl)Cc2ccc3ccccc3n2)c1C. The molecule has 1 heterocycles. The largest absolute Gasteiger partial charge is 0.253 e. The van der Waals surface area contributed by atoms with Crippen LogP contribution in [-0.4, -0.2) is 4.98 Å². The average Bonchev–Trinajstić information content (AvgIpc) is 2.50. The molecule has 3 rings (SSSR count). The minimum absolute atomic E-state index is 0.0430. The molecule has 0 spiro atoms. The van der Waals surface area contributed by atoms with Crippen LogP contribution in [0.25, 0.3) is 10.9 Å². The first-order chi connectivity index (χ1) is 10.1. The Morgan fingerprint density at radius 2 is 1.76 bits per heavy atom. The first kappa shape index (κ1) is 14.1. The Labute approximate surface area is 130 Å². The van der Waals surface area contributed by atoms with Crippen LogP contribution in [0, 0.1) is 13.8 Å². The molecule has 0 saturated carbocycles. The summed E-state index contributed by atoms with van der Waals surface area (Å²) in [6.45, 7) is 4.25. The van der Waals surface area contributed by atoms with Gasteiger partial charge in [-0.25, -0.2) is 0 Å². The lowest BCUT2D eigenvalue weighted by molar-refractivity contribution is 0.878. The van der Waals surface area contributed by atoms with E-state index in [0.717, 1.165) is 17.6 Å². The summed E-state index contributed by atoms with van der Waals surface area (Å²) in [7, 11) is 0. The molecule has 1 nitrogen and oxygen atoms in total. The third kappa shape index (κ3) is 2.93. The van der Waals surface area contributed by atoms with Crippen LogP contribution in [0.3, 0.4) is 0 Å². The molecule has 0 aliphatic rings. The fraction of sp³-hybridized carbons (Fsp3) is 0.211. The molecule has 0 radical (unpaired) electrons. The molecule has 0 aliphatic carbocycles. The molecule has 1 atom stereocenters. The number of halogens is 1. The van der Waals surface area contributed by atoms with Gasteiger partial charge in [-0.15, -0.1) is 11.6 Å². The van der Waals surface area contributed by atoms with Gasteiger partial charge in [0.05, 0.1) is 10.9 Å². The maximum Gasteiger partial charge on any atom is 0.0705 e. The van der Waals surface area contributed by atoms with Crippen molar-refractivity contribution in [1.29, 1.82) is 0 Å². The Morgan fingerprint density at radius 3 is 2.62 bits per heavy atom. The van der Waals surface area contributed by atoms with E-state index in [9.17, 15) is 0 Å². The summed E-state index contributed by atoms with van der Waals surface area (Å²) >= 11 is 6.63. The van der Waals surface area contributed by atoms with Gasteiger partial charge in [-0.2, -0.15) is 0 Å². The average molecular weight is 296 g/mol. The third-order valence-corrected chi connectivity index (χ3v) is 4.42. The van der Waals surface area contributed by atoms with Gasteiger partial charge in [-0.05, 0) is 42.7 Å². The van der Waals surface area contributed by atoms with Crippen molar-refractivity contribution >= 4 is 22.5 Å². The molecule has 106 valence electrons. The molecule has 0 amide bonds. The number of nitrogens with zero attached hydrogens (tertiary/aromatic N) is 1. The number of alkyl halides is 1. The van der Waals surface area contributed by atoms with Crippen LogP contribution >= 0.6 is 11.6 Å². The Balaban J connectivity index is 1.89. The number of hydrogen-bond donors (Lipinski definition) is 0. The maximum absolute atomic E-state index is 6.63. The van der Waals surface area contributed by atoms with Gasteiger partial charge in [0, 0.05) is 17.5 Å². The summed E-state index contributed by atoms with van der Waals surface area (Å²) in [6.07, 6.45) is 0.747. The molecular weight excluding hydrogens is 278 g/mol. The van der Waals surface area contributed by atoms with Crippen molar-refractivity contribution in [1.82, 2.24) is 4.98 Å². The molecule has 0 saturated heterocycles. The molecule has 21 heavy (non-hydrogen) atoms. The lowest BCUT2D eigenvalue weighted by Gasteiger charge is -2.14. The van der Waals surface area contributed by atoms with E-state index < -0.39 is 0 Å². The van der Waals surface area contributed by atoms with E-state index in [1.165, 1.54) is 22.1 Å². The standard InChI is InChI=1S/C19H18ClN/c1-13-6-5-8-17(14(13)2)18(20)12-16-11-10-15-7-3-4-9-19(15)21-16/h3-11,18H,12H2,1-2H3. The maximum atomic E-state index is 6.63. The van der Waals surface area contributed by atoms with Gasteiger partial charge in [0.1, 0.15) is 0 Å². The van der Waals surface area contributed by atoms with E-state index in [0.29, 0.717) is 0 Å². The summed E-state index contributed by atoms with van der Waals surface area (Å²) in [5.41, 5.74) is 5.82. The van der Waals surface area contributed by atoms with Crippen LogP contribution in [0.15, 0.2) is 54.6 Å². The quantitative estimate of drug-likeness (QED) is 0.592. The Bertz CT molecular complexity index is 779. The molecule has 3 aromatic rings. The van der Waals surface area contributed by atoms with E-state index in [1.807, 2.05) is 18.2 Å². The van der Waals surface area contributed by atoms with Crippen molar-refractivity contribution in [2.24, 2.45) is 0 Å². The van der Waals surface area contributed by atoms with Gasteiger partial charge in [-0.3, -0.25) is 4.98 Å². The zero-order chi connectivity index (χ0) is 14.8. The molecule has 1 aromatic heterocycles. The van der Waals surface area contributed by atoms with Gasteiger partial charge >= 0.3 is 0 Å². The molecule has 2 heteroatoms. The molecule has 0 aliphatic heterocycles. The minimum atomic E-state index is -0.0430. The molecule has 2 aromatic carbocycles. The van der Waals surface area contributed by atoms with E-state index in [1.54, 1.807) is 0 Å². The highest BCUT2D eigenvalue weighted by molar-refractivity contribution is 6.21. The summed E-state index contributed by atoms with van der Waals surface area (Å²) in [6, 6.07) is 18.7. The number of aromatic nitrogens is 1. The van der Waals surface area contributed by atoms with Crippen LogP contribution in [0.5, 0.6) is 0 Å². The monoisotopic (exact) mass is 295 g/mol. The highest BCUT2D eigenvalue weighted by Crippen LogP contribution is 2.29. The first-order valence-corrected chi connectivity index (χ1v) is 7.63.